The largest absolute Gasteiger partial charge is 0.456 e. The molecule has 0 aromatic heterocycles. The first-order chi connectivity index (χ1) is 32.1. The zero-order valence-electron chi connectivity index (χ0n) is 40.1. The zero-order valence-corrected chi connectivity index (χ0v) is 40.1. The van der Waals surface area contributed by atoms with Gasteiger partial charge in [0.15, 0.2) is 23.6 Å². The minimum Gasteiger partial charge on any atom is -0.456 e. The summed E-state index contributed by atoms with van der Waals surface area (Å²) < 4.78 is 38.4. The molecule has 1 amide bonds. The maximum atomic E-state index is 16.2. The molecule has 3 N–H and O–H groups in total. The van der Waals surface area contributed by atoms with Crippen molar-refractivity contribution in [2.45, 2.75) is 147 Å². The number of benzene rings is 3. The van der Waals surface area contributed by atoms with Gasteiger partial charge in [0.2, 0.25) is 0 Å². The Morgan fingerprint density at radius 2 is 1.41 bits per heavy atom. The van der Waals surface area contributed by atoms with E-state index in [4.69, 9.17) is 28.4 Å². The number of Topliss-reactive ketones (excluding diaryl/α,β-unsaturated/α-hetero) is 1. The van der Waals surface area contributed by atoms with Crippen molar-refractivity contribution in [3.63, 3.8) is 0 Å². The first-order valence-corrected chi connectivity index (χ1v) is 23.3. The molecule has 3 aromatic rings. The third-order valence-corrected chi connectivity index (χ3v) is 15.4. The van der Waals surface area contributed by atoms with Gasteiger partial charge in [0, 0.05) is 37.7 Å². The number of nitrogens with one attached hydrogen (secondary N) is 1. The first kappa shape index (κ1) is 50.1. The zero-order chi connectivity index (χ0) is 49.6. The number of ketones is 1. The summed E-state index contributed by atoms with van der Waals surface area (Å²) in [6, 6.07) is 23.3. The highest BCUT2D eigenvalue weighted by Gasteiger charge is 2.79. The Kier molecular flexibility index (Phi) is 14.0. The number of hydrogen-bond acceptors (Lipinski definition) is 14. The van der Waals surface area contributed by atoms with Crippen LogP contribution < -0.4 is 5.32 Å². The molecule has 3 fully saturated rings. The van der Waals surface area contributed by atoms with E-state index in [1.54, 1.807) is 107 Å². The van der Waals surface area contributed by atoms with Crippen LogP contribution in [-0.2, 0) is 47.6 Å². The Bertz CT molecular complexity index is 2440. The van der Waals surface area contributed by atoms with Crippen molar-refractivity contribution in [2.75, 3.05) is 6.61 Å². The summed E-state index contributed by atoms with van der Waals surface area (Å²) in [5.74, 6) is -6.39. The fraction of sp³-hybridized carbons (Fsp3) is 0.509. The van der Waals surface area contributed by atoms with Gasteiger partial charge in [-0.3, -0.25) is 19.2 Å². The van der Waals surface area contributed by atoms with E-state index in [9.17, 15) is 34.2 Å². The lowest BCUT2D eigenvalue weighted by molar-refractivity contribution is -0.354. The van der Waals surface area contributed by atoms with Crippen molar-refractivity contribution < 1.29 is 67.4 Å². The molecule has 0 radical (unpaired) electrons. The van der Waals surface area contributed by atoms with E-state index >= 15 is 4.79 Å². The van der Waals surface area contributed by atoms with Crippen molar-refractivity contribution in [3.8, 4) is 0 Å². The first-order valence-electron chi connectivity index (χ1n) is 23.3. The van der Waals surface area contributed by atoms with Gasteiger partial charge in [-0.15, -0.1) is 0 Å². The Morgan fingerprint density at radius 1 is 0.838 bits per heavy atom. The number of esters is 4. The third kappa shape index (κ3) is 8.67. The Balaban J connectivity index is 1.43. The number of rotatable bonds is 14. The van der Waals surface area contributed by atoms with Gasteiger partial charge in [0.1, 0.15) is 23.9 Å². The van der Waals surface area contributed by atoms with Crippen LogP contribution in [0, 0.1) is 16.7 Å². The lowest BCUT2D eigenvalue weighted by Gasteiger charge is -2.68. The lowest BCUT2D eigenvalue weighted by atomic mass is 9.44. The van der Waals surface area contributed by atoms with Crippen molar-refractivity contribution in [2.24, 2.45) is 16.7 Å². The van der Waals surface area contributed by atoms with Gasteiger partial charge in [-0.1, -0.05) is 94.4 Å². The second-order valence-corrected chi connectivity index (χ2v) is 19.6. The minimum absolute atomic E-state index is 0.0368. The van der Waals surface area contributed by atoms with Crippen molar-refractivity contribution in [1.29, 1.82) is 0 Å². The summed E-state index contributed by atoms with van der Waals surface area (Å²) in [7, 11) is 0. The molecule has 15 heteroatoms. The number of aliphatic hydroxyl groups is 2. The average Bonchev–Trinajstić information content (AvgIpc) is 3.31. The molecule has 364 valence electrons. The van der Waals surface area contributed by atoms with Crippen LogP contribution in [0.5, 0.6) is 0 Å². The van der Waals surface area contributed by atoms with Gasteiger partial charge in [0.25, 0.3) is 5.91 Å². The summed E-state index contributed by atoms with van der Waals surface area (Å²) in [6.45, 7) is 14.3. The maximum absolute atomic E-state index is 16.2. The van der Waals surface area contributed by atoms with Crippen LogP contribution in [0.2, 0.25) is 0 Å². The minimum atomic E-state index is -2.36. The number of amides is 1. The van der Waals surface area contributed by atoms with E-state index in [2.05, 4.69) is 5.32 Å². The van der Waals surface area contributed by atoms with E-state index < -0.39 is 118 Å². The highest BCUT2D eigenvalue weighted by molar-refractivity contribution is 5.96. The molecular formula is C53H63NO14. The predicted molar refractivity (Wildman–Crippen MR) is 246 cm³/mol. The summed E-state index contributed by atoms with van der Waals surface area (Å²) >= 11 is 0. The molecule has 7 rings (SSSR count). The molecule has 0 spiro atoms. The van der Waals surface area contributed by atoms with Gasteiger partial charge in [-0.2, -0.15) is 0 Å². The van der Waals surface area contributed by atoms with Crippen LogP contribution in [0.1, 0.15) is 120 Å². The SMILES string of the molecule is CCC(C)(CC)OC1CC2OCC2(OC(C)=O)C2C(OC(=O)c3ccccc3)C3(O)CC(OC(=O)C(O)C(NC(=O)c4ccccc4)c4ccccc4)C(C)=C(C(OC(C)=O)C(=O)C12C)C3(C)C. The van der Waals surface area contributed by atoms with Crippen molar-refractivity contribution >= 4 is 35.6 Å². The summed E-state index contributed by atoms with van der Waals surface area (Å²) in [6.07, 6.45) is -8.41. The van der Waals surface area contributed by atoms with Crippen LogP contribution in [0.3, 0.4) is 0 Å². The number of ether oxygens (including phenoxy) is 6. The Hall–Kier alpha value is -5.74. The number of hydrogen-bond donors (Lipinski definition) is 3. The normalized spacial score (nSPS) is 30.4. The smallest absolute Gasteiger partial charge is 0.338 e. The average molecular weight is 938 g/mol. The van der Waals surface area contributed by atoms with Gasteiger partial charge in [-0.05, 0) is 74.6 Å². The molecule has 4 aliphatic rings. The highest BCUT2D eigenvalue weighted by atomic mass is 16.6. The molecule has 3 aliphatic carbocycles. The number of aliphatic hydroxyl groups excluding tert-OH is 1. The standard InChI is InChI=1S/C53H63NO14/c1-10-50(8,11-2)68-37-27-38-52(29-63-38,67-32(5)56)43-45(66-47(60)35-25-19-14-20-26-35)53(62)28-36(30(3)39(49(53,6)7)42(64-31(4)55)44(58)51(37,43)9)65-48(61)41(57)40(33-21-15-12-16-22-33)54-46(59)34-23-17-13-18-24-34/h12-26,36-38,40-43,45,57,62H,10-11,27-29H2,1-9H3,(H,54,59). The molecule has 2 saturated carbocycles. The quantitative estimate of drug-likeness (QED) is 0.0916. The van der Waals surface area contributed by atoms with Crippen molar-refractivity contribution in [3.05, 3.63) is 119 Å². The fourth-order valence-electron chi connectivity index (χ4n) is 11.1. The van der Waals surface area contributed by atoms with Crippen LogP contribution in [0.25, 0.3) is 0 Å². The predicted octanol–water partition coefficient (Wildman–Crippen LogP) is 6.34. The van der Waals surface area contributed by atoms with Gasteiger partial charge in [-0.25, -0.2) is 9.59 Å². The highest BCUT2D eigenvalue weighted by Crippen LogP contribution is 2.65. The molecule has 2 bridgehead atoms. The fourth-order valence-corrected chi connectivity index (χ4v) is 11.1. The third-order valence-electron chi connectivity index (χ3n) is 15.4. The van der Waals surface area contributed by atoms with Crippen LogP contribution in [-0.4, -0.2) is 106 Å². The molecule has 11 atom stereocenters. The summed E-state index contributed by atoms with van der Waals surface area (Å²) in [4.78, 5) is 85.6. The molecule has 68 heavy (non-hydrogen) atoms. The van der Waals surface area contributed by atoms with Crippen LogP contribution in [0.15, 0.2) is 102 Å². The molecule has 1 aliphatic heterocycles. The monoisotopic (exact) mass is 937 g/mol. The number of fused-ring (bicyclic) bond motifs is 5. The van der Waals surface area contributed by atoms with E-state index in [1.165, 1.54) is 19.1 Å². The topological polar surface area (TPSA) is 210 Å². The van der Waals surface area contributed by atoms with E-state index in [1.807, 2.05) is 20.8 Å². The summed E-state index contributed by atoms with van der Waals surface area (Å²) in [5.41, 5.74) is -7.35. The van der Waals surface area contributed by atoms with E-state index in [-0.39, 0.29) is 35.3 Å². The molecule has 15 nitrogen and oxygen atoms in total. The van der Waals surface area contributed by atoms with Gasteiger partial charge < -0.3 is 44.0 Å². The molecular weight excluding hydrogens is 875 g/mol. The number of carbonyl (C=O) groups excluding carboxylic acids is 6. The Morgan fingerprint density at radius 3 is 1.94 bits per heavy atom. The second kappa shape index (κ2) is 19.0. The maximum Gasteiger partial charge on any atom is 0.338 e. The van der Waals surface area contributed by atoms with E-state index in [0.717, 1.165) is 6.92 Å². The Labute approximate surface area is 396 Å². The number of carbonyl (C=O) groups is 6. The molecule has 1 heterocycles. The molecule has 1 saturated heterocycles. The molecule has 3 aromatic carbocycles. The lowest BCUT2D eigenvalue weighted by Crippen LogP contribution is -2.82. The molecule has 11 unspecified atom stereocenters. The van der Waals surface area contributed by atoms with Gasteiger partial charge >= 0.3 is 23.9 Å². The van der Waals surface area contributed by atoms with Crippen LogP contribution >= 0.6 is 0 Å². The second-order valence-electron chi connectivity index (χ2n) is 19.6. The van der Waals surface area contributed by atoms with Gasteiger partial charge in [0.05, 0.1) is 41.3 Å². The van der Waals surface area contributed by atoms with E-state index in [0.29, 0.717) is 18.4 Å². The van der Waals surface area contributed by atoms with Crippen LogP contribution in [0.4, 0.5) is 0 Å². The van der Waals surface area contributed by atoms with Crippen molar-refractivity contribution in [1.82, 2.24) is 5.32 Å². The summed E-state index contributed by atoms with van der Waals surface area (Å²) in [5, 5.41) is 28.7.